The molecule has 2 aromatic carbocycles. The lowest BCUT2D eigenvalue weighted by atomic mass is 9.58. The van der Waals surface area contributed by atoms with Crippen LogP contribution in [0, 0.1) is 17.2 Å². The third kappa shape index (κ3) is 4.30. The molecule has 0 bridgehead atoms. The first-order valence-electron chi connectivity index (χ1n) is 13.8. The zero-order valence-corrected chi connectivity index (χ0v) is 23.1. The topological polar surface area (TPSA) is 115 Å². The van der Waals surface area contributed by atoms with Crippen molar-refractivity contribution in [2.24, 2.45) is 13.0 Å². The number of anilines is 1. The van der Waals surface area contributed by atoms with E-state index in [0.29, 0.717) is 37.2 Å². The predicted octanol–water partition coefficient (Wildman–Crippen LogP) is 5.64. The summed E-state index contributed by atoms with van der Waals surface area (Å²) in [4.78, 5) is 28.2. The number of carbonyl (C=O) groups is 2. The zero-order chi connectivity index (χ0) is 30.0. The van der Waals surface area contributed by atoms with E-state index in [-0.39, 0.29) is 35.7 Å². The fourth-order valence-corrected chi connectivity index (χ4v) is 6.76. The molecule has 3 aliphatic rings. The average Bonchev–Trinajstić information content (AvgIpc) is 3.48. The van der Waals surface area contributed by atoms with Gasteiger partial charge in [0.25, 0.3) is 5.91 Å². The van der Waals surface area contributed by atoms with Crippen LogP contribution in [0.25, 0.3) is 0 Å². The largest absolute Gasteiger partial charge is 0.465 e. The molecule has 2 aliphatic carbocycles. The minimum atomic E-state index is -4.74. The molecule has 2 fully saturated rings. The van der Waals surface area contributed by atoms with Crippen molar-refractivity contribution in [3.63, 3.8) is 0 Å². The van der Waals surface area contributed by atoms with Crippen LogP contribution in [0.3, 0.4) is 0 Å². The van der Waals surface area contributed by atoms with Crippen molar-refractivity contribution in [2.75, 3.05) is 4.90 Å². The molecule has 42 heavy (non-hydrogen) atoms. The molecule has 1 aliphatic heterocycles. The normalized spacial score (nSPS) is 22.6. The molecule has 1 aromatic heterocycles. The van der Waals surface area contributed by atoms with E-state index in [2.05, 4.69) is 16.3 Å². The van der Waals surface area contributed by atoms with Gasteiger partial charge in [0.05, 0.1) is 23.6 Å². The second kappa shape index (κ2) is 9.58. The summed E-state index contributed by atoms with van der Waals surface area (Å²) >= 11 is 0. The Kier molecular flexibility index (Phi) is 6.33. The van der Waals surface area contributed by atoms with Crippen LogP contribution in [0.4, 0.5) is 23.7 Å². The van der Waals surface area contributed by atoms with Gasteiger partial charge in [-0.2, -0.15) is 18.4 Å². The molecule has 0 unspecified atom stereocenters. The third-order valence-corrected chi connectivity index (χ3v) is 9.28. The highest BCUT2D eigenvalue weighted by molar-refractivity contribution is 6.10. The van der Waals surface area contributed by atoms with Gasteiger partial charge in [-0.3, -0.25) is 9.69 Å². The summed E-state index contributed by atoms with van der Waals surface area (Å²) in [5.74, 6) is -0.0832. The van der Waals surface area contributed by atoms with Crippen LogP contribution < -0.4 is 4.90 Å². The monoisotopic (exact) mass is 578 g/mol. The number of aromatic nitrogens is 3. The van der Waals surface area contributed by atoms with Crippen LogP contribution in [-0.4, -0.2) is 42.3 Å². The number of benzene rings is 2. The number of amides is 2. The standard InChI is InChI=1S/C30H29F3N6O3/c1-28(7-4-8-28)39(27(41)42)15-18-9-22-23(24(10-18)30(31,32)33)16-38(25(22)40)21-6-3-5-20(11-21)29(12-19(13-29)14-34)26-36-35-17-37(26)2/h3,5-6,9-11,17,19H,4,7-8,12-13,15-16H2,1-2H3,(H,41,42). The van der Waals surface area contributed by atoms with Gasteiger partial charge in [0.2, 0.25) is 0 Å². The lowest BCUT2D eigenvalue weighted by Crippen LogP contribution is -2.53. The summed E-state index contributed by atoms with van der Waals surface area (Å²) in [6.45, 7) is 1.27. The van der Waals surface area contributed by atoms with Gasteiger partial charge in [0.1, 0.15) is 12.2 Å². The lowest BCUT2D eigenvalue weighted by molar-refractivity contribution is -0.138. The maximum atomic E-state index is 14.3. The lowest BCUT2D eigenvalue weighted by Gasteiger charge is -2.46. The summed E-state index contributed by atoms with van der Waals surface area (Å²) in [5.41, 5.74) is -1.05. The molecule has 12 heteroatoms. The molecule has 2 heterocycles. The van der Waals surface area contributed by atoms with Gasteiger partial charge in [-0.25, -0.2) is 4.79 Å². The van der Waals surface area contributed by atoms with Crippen LogP contribution in [-0.2, 0) is 31.7 Å². The Morgan fingerprint density at radius 2 is 1.98 bits per heavy atom. The fraction of sp³-hybridized carbons (Fsp3) is 0.433. The smallest absolute Gasteiger partial charge is 0.416 e. The van der Waals surface area contributed by atoms with E-state index in [0.717, 1.165) is 18.1 Å². The number of halogens is 3. The number of nitrogens with zero attached hydrogens (tertiary/aromatic N) is 6. The van der Waals surface area contributed by atoms with Crippen LogP contribution in [0.1, 0.15) is 77.5 Å². The Hall–Kier alpha value is -4.40. The van der Waals surface area contributed by atoms with E-state index < -0.39 is 34.7 Å². The van der Waals surface area contributed by atoms with Crippen LogP contribution in [0.5, 0.6) is 0 Å². The highest BCUT2D eigenvalue weighted by Crippen LogP contribution is 2.52. The van der Waals surface area contributed by atoms with Crippen molar-refractivity contribution in [3.8, 4) is 6.07 Å². The number of fused-ring (bicyclic) bond motifs is 1. The Labute approximate surface area is 240 Å². The zero-order valence-electron chi connectivity index (χ0n) is 23.1. The molecule has 6 rings (SSSR count). The van der Waals surface area contributed by atoms with Crippen molar-refractivity contribution in [3.05, 3.63) is 76.4 Å². The van der Waals surface area contributed by atoms with Gasteiger partial charge in [-0.05, 0) is 80.0 Å². The molecule has 218 valence electrons. The summed E-state index contributed by atoms with van der Waals surface area (Å²) in [7, 11) is 1.81. The Balaban J connectivity index is 1.37. The van der Waals surface area contributed by atoms with E-state index in [4.69, 9.17) is 0 Å². The summed E-state index contributed by atoms with van der Waals surface area (Å²) < 4.78 is 44.8. The molecular weight excluding hydrogens is 549 g/mol. The van der Waals surface area contributed by atoms with Gasteiger partial charge in [0.15, 0.2) is 0 Å². The van der Waals surface area contributed by atoms with E-state index in [9.17, 15) is 33.1 Å². The average molecular weight is 579 g/mol. The number of nitriles is 1. The van der Waals surface area contributed by atoms with Gasteiger partial charge < -0.3 is 14.6 Å². The summed E-state index contributed by atoms with van der Waals surface area (Å²) in [6, 6.07) is 11.7. The number of aryl methyl sites for hydroxylation is 1. The maximum Gasteiger partial charge on any atom is 0.416 e. The molecule has 3 aromatic rings. The maximum absolute atomic E-state index is 14.3. The summed E-state index contributed by atoms with van der Waals surface area (Å²) in [5, 5.41) is 27.6. The van der Waals surface area contributed by atoms with Crippen LogP contribution in [0.2, 0.25) is 0 Å². The van der Waals surface area contributed by atoms with E-state index in [1.165, 1.54) is 15.9 Å². The van der Waals surface area contributed by atoms with Crippen molar-refractivity contribution in [1.82, 2.24) is 19.7 Å². The number of hydrogen-bond acceptors (Lipinski definition) is 5. The first kappa shape index (κ1) is 27.8. The predicted molar refractivity (Wildman–Crippen MR) is 144 cm³/mol. The Bertz CT molecular complexity index is 1630. The molecule has 9 nitrogen and oxygen atoms in total. The Morgan fingerprint density at radius 3 is 2.55 bits per heavy atom. The minimum Gasteiger partial charge on any atom is -0.465 e. The third-order valence-electron chi connectivity index (χ3n) is 9.28. The van der Waals surface area contributed by atoms with Crippen LogP contribution >= 0.6 is 0 Å². The fourth-order valence-electron chi connectivity index (χ4n) is 6.76. The van der Waals surface area contributed by atoms with Gasteiger partial charge >= 0.3 is 12.3 Å². The number of carboxylic acid groups (broad SMARTS) is 1. The molecule has 2 saturated carbocycles. The highest BCUT2D eigenvalue weighted by Gasteiger charge is 2.50. The molecule has 2 amide bonds. The number of alkyl halides is 3. The number of carbonyl (C=O) groups excluding carboxylic acids is 1. The van der Waals surface area contributed by atoms with Gasteiger partial charge in [0, 0.05) is 36.3 Å². The molecule has 0 saturated heterocycles. The van der Waals surface area contributed by atoms with E-state index in [1.54, 1.807) is 36.0 Å². The van der Waals surface area contributed by atoms with Gasteiger partial charge in [-0.15, -0.1) is 10.2 Å². The van der Waals surface area contributed by atoms with E-state index in [1.807, 2.05) is 13.1 Å². The molecule has 0 radical (unpaired) electrons. The number of hydrogen-bond donors (Lipinski definition) is 1. The molecule has 1 N–H and O–H groups in total. The second-order valence-corrected chi connectivity index (χ2v) is 11.9. The van der Waals surface area contributed by atoms with Crippen molar-refractivity contribution >= 4 is 17.7 Å². The Morgan fingerprint density at radius 1 is 1.24 bits per heavy atom. The van der Waals surface area contributed by atoms with Crippen molar-refractivity contribution in [2.45, 2.75) is 69.2 Å². The minimum absolute atomic E-state index is 0.0782. The van der Waals surface area contributed by atoms with Crippen LogP contribution in [0.15, 0.2) is 42.7 Å². The van der Waals surface area contributed by atoms with Crippen molar-refractivity contribution < 1.29 is 27.9 Å². The first-order valence-corrected chi connectivity index (χ1v) is 13.8. The highest BCUT2D eigenvalue weighted by atomic mass is 19.4. The molecule has 0 atom stereocenters. The van der Waals surface area contributed by atoms with E-state index >= 15 is 0 Å². The second-order valence-electron chi connectivity index (χ2n) is 11.9. The summed E-state index contributed by atoms with van der Waals surface area (Å²) in [6.07, 6.45) is -1.24. The molecular formula is C30H29F3N6O3. The first-order chi connectivity index (χ1) is 19.9. The quantitative estimate of drug-likeness (QED) is 0.405. The number of rotatable bonds is 6. The molecule has 0 spiro atoms. The van der Waals surface area contributed by atoms with Crippen molar-refractivity contribution in [1.29, 1.82) is 5.26 Å². The SMILES string of the molecule is Cn1cnnc1C1(c2cccc(N3Cc4c(cc(CN(C(=O)O)C5(C)CCC5)cc4C(F)(F)F)C3=O)c2)CC(C#N)C1. The van der Waals surface area contributed by atoms with Gasteiger partial charge in [-0.1, -0.05) is 12.1 Å².